The summed E-state index contributed by atoms with van der Waals surface area (Å²) in [6, 6.07) is 4.14. The van der Waals surface area contributed by atoms with Crippen LogP contribution in [-0.2, 0) is 0 Å². The van der Waals surface area contributed by atoms with Crippen molar-refractivity contribution in [1.82, 2.24) is 19.4 Å². The fraction of sp³-hybridized carbons (Fsp3) is 0.0833. The second kappa shape index (κ2) is 4.27. The maximum Gasteiger partial charge on any atom is 0.265 e. The molecule has 19 heavy (non-hydrogen) atoms. The molecule has 5 nitrogen and oxygen atoms in total. The van der Waals surface area contributed by atoms with Crippen molar-refractivity contribution in [2.45, 2.75) is 6.43 Å². The highest BCUT2D eigenvalue weighted by Gasteiger charge is 2.13. The second-order valence-electron chi connectivity index (χ2n) is 3.87. The van der Waals surface area contributed by atoms with E-state index in [-0.39, 0.29) is 17.3 Å². The van der Waals surface area contributed by atoms with Crippen molar-refractivity contribution in [3.8, 4) is 17.4 Å². The lowest BCUT2D eigenvalue weighted by atomic mass is 10.3. The van der Waals surface area contributed by atoms with Crippen molar-refractivity contribution >= 4 is 5.65 Å². The molecule has 3 aromatic heterocycles. The zero-order valence-electron chi connectivity index (χ0n) is 9.53. The van der Waals surface area contributed by atoms with Crippen LogP contribution in [0.4, 0.5) is 8.78 Å². The fourth-order valence-electron chi connectivity index (χ4n) is 1.76. The number of imidazole rings is 1. The van der Waals surface area contributed by atoms with Crippen LogP contribution in [0.5, 0.6) is 5.88 Å². The van der Waals surface area contributed by atoms with Gasteiger partial charge in [-0.3, -0.25) is 4.40 Å². The second-order valence-corrected chi connectivity index (χ2v) is 3.87. The molecule has 1 N–H and O–H groups in total. The van der Waals surface area contributed by atoms with Crippen LogP contribution in [-0.4, -0.2) is 24.5 Å². The van der Waals surface area contributed by atoms with Crippen molar-refractivity contribution in [1.29, 1.82) is 0 Å². The van der Waals surface area contributed by atoms with Gasteiger partial charge in [0.05, 0.1) is 6.20 Å². The minimum absolute atomic E-state index is 0.119. The molecule has 0 aromatic carbocycles. The number of fused-ring (bicyclic) bond motifs is 1. The molecule has 0 bridgehead atoms. The molecule has 0 amide bonds. The van der Waals surface area contributed by atoms with Gasteiger partial charge in [-0.2, -0.15) is 4.98 Å². The number of aromatic hydroxyl groups is 1. The molecule has 0 saturated heterocycles. The number of hydrogen-bond acceptors (Lipinski definition) is 4. The van der Waals surface area contributed by atoms with Gasteiger partial charge in [0, 0.05) is 24.0 Å². The Bertz CT molecular complexity index is 741. The highest BCUT2D eigenvalue weighted by atomic mass is 19.3. The smallest absolute Gasteiger partial charge is 0.265 e. The van der Waals surface area contributed by atoms with Gasteiger partial charge in [0.15, 0.2) is 5.82 Å². The fourth-order valence-corrected chi connectivity index (χ4v) is 1.76. The van der Waals surface area contributed by atoms with E-state index >= 15 is 0 Å². The first kappa shape index (κ1) is 11.5. The van der Waals surface area contributed by atoms with Gasteiger partial charge in [-0.05, 0) is 12.1 Å². The molecule has 0 aliphatic heterocycles. The molecular weight excluding hydrogens is 254 g/mol. The third-order valence-corrected chi connectivity index (χ3v) is 2.65. The van der Waals surface area contributed by atoms with Crippen LogP contribution in [0.1, 0.15) is 12.0 Å². The maximum absolute atomic E-state index is 12.7. The number of alkyl halides is 2. The Kier molecular flexibility index (Phi) is 2.59. The number of halogens is 2. The lowest BCUT2D eigenvalue weighted by molar-refractivity contribution is 0.151. The van der Waals surface area contributed by atoms with Gasteiger partial charge in [0.2, 0.25) is 5.88 Å². The van der Waals surface area contributed by atoms with Crippen LogP contribution < -0.4 is 0 Å². The highest BCUT2D eigenvalue weighted by molar-refractivity contribution is 5.57. The average molecular weight is 262 g/mol. The van der Waals surface area contributed by atoms with Gasteiger partial charge in [0.1, 0.15) is 11.3 Å². The third-order valence-electron chi connectivity index (χ3n) is 2.65. The summed E-state index contributed by atoms with van der Waals surface area (Å²) < 4.78 is 26.9. The molecule has 0 aliphatic carbocycles. The summed E-state index contributed by atoms with van der Waals surface area (Å²) in [5, 5.41) is 9.33. The average Bonchev–Trinajstić information content (AvgIpc) is 2.81. The van der Waals surface area contributed by atoms with Gasteiger partial charge >= 0.3 is 0 Å². The van der Waals surface area contributed by atoms with Crippen LogP contribution in [0, 0.1) is 0 Å². The zero-order chi connectivity index (χ0) is 13.4. The Balaban J connectivity index is 2.21. The normalized spacial score (nSPS) is 11.3. The molecule has 96 valence electrons. The van der Waals surface area contributed by atoms with Crippen molar-refractivity contribution in [3.63, 3.8) is 0 Å². The van der Waals surface area contributed by atoms with Crippen LogP contribution in [0.25, 0.3) is 17.2 Å². The molecular formula is C12H8F2N4O. The molecule has 0 atom stereocenters. The van der Waals surface area contributed by atoms with Crippen LogP contribution in [0.15, 0.2) is 36.8 Å². The molecule has 0 saturated carbocycles. The van der Waals surface area contributed by atoms with Crippen molar-refractivity contribution in [2.75, 3.05) is 0 Å². The quantitative estimate of drug-likeness (QED) is 0.770. The number of nitrogens with zero attached hydrogens (tertiary/aromatic N) is 4. The van der Waals surface area contributed by atoms with Crippen molar-refractivity contribution in [3.05, 3.63) is 42.4 Å². The summed E-state index contributed by atoms with van der Waals surface area (Å²) in [4.78, 5) is 11.9. The van der Waals surface area contributed by atoms with Gasteiger partial charge in [-0.15, -0.1) is 0 Å². The van der Waals surface area contributed by atoms with E-state index < -0.39 is 6.43 Å². The minimum Gasteiger partial charge on any atom is -0.493 e. The van der Waals surface area contributed by atoms with Gasteiger partial charge in [-0.25, -0.2) is 18.7 Å². The van der Waals surface area contributed by atoms with Crippen molar-refractivity contribution in [2.24, 2.45) is 0 Å². The molecule has 0 spiro atoms. The summed E-state index contributed by atoms with van der Waals surface area (Å²) in [6.07, 6.45) is 1.58. The number of pyridine rings is 1. The molecule has 3 heterocycles. The van der Waals surface area contributed by atoms with Crippen molar-refractivity contribution < 1.29 is 13.9 Å². The number of rotatable bonds is 2. The van der Waals surface area contributed by atoms with E-state index in [0.717, 1.165) is 0 Å². The molecule has 0 unspecified atom stereocenters. The zero-order valence-corrected chi connectivity index (χ0v) is 9.53. The maximum atomic E-state index is 12.7. The van der Waals surface area contributed by atoms with E-state index in [1.165, 1.54) is 41.2 Å². The highest BCUT2D eigenvalue weighted by Crippen LogP contribution is 2.23. The summed E-state index contributed by atoms with van der Waals surface area (Å²) in [5.41, 5.74) is 0.826. The van der Waals surface area contributed by atoms with Gasteiger partial charge in [-0.1, -0.05) is 0 Å². The predicted octanol–water partition coefficient (Wildman–Crippen LogP) is 2.43. The summed E-state index contributed by atoms with van der Waals surface area (Å²) >= 11 is 0. The molecule has 7 heteroatoms. The first-order valence-corrected chi connectivity index (χ1v) is 5.42. The lowest BCUT2D eigenvalue weighted by Crippen LogP contribution is -1.95. The van der Waals surface area contributed by atoms with Crippen LogP contribution >= 0.6 is 0 Å². The Morgan fingerprint density at radius 3 is 2.74 bits per heavy atom. The summed E-state index contributed by atoms with van der Waals surface area (Å²) in [6.45, 7) is 0. The van der Waals surface area contributed by atoms with E-state index in [1.54, 1.807) is 0 Å². The van der Waals surface area contributed by atoms with E-state index in [0.29, 0.717) is 11.3 Å². The lowest BCUT2D eigenvalue weighted by Gasteiger charge is -2.03. The van der Waals surface area contributed by atoms with Gasteiger partial charge in [0.25, 0.3) is 6.43 Å². The minimum atomic E-state index is -2.57. The van der Waals surface area contributed by atoms with Crippen LogP contribution in [0.2, 0.25) is 0 Å². The standard InChI is InChI=1S/C12H8F2N4O/c13-11(14)7-1-2-9-16-5-8(18(9)6-7)12-15-4-3-10(19)17-12/h1-6,11H,(H,15,17,19). The number of aromatic nitrogens is 4. The summed E-state index contributed by atoms with van der Waals surface area (Å²) in [5.74, 6) is 0.0314. The Morgan fingerprint density at radius 1 is 1.16 bits per heavy atom. The first-order chi connectivity index (χ1) is 9.15. The molecule has 0 radical (unpaired) electrons. The van der Waals surface area contributed by atoms with E-state index in [4.69, 9.17) is 0 Å². The predicted molar refractivity (Wildman–Crippen MR) is 62.8 cm³/mol. The monoisotopic (exact) mass is 262 g/mol. The van der Waals surface area contributed by atoms with E-state index in [1.807, 2.05) is 0 Å². The Morgan fingerprint density at radius 2 is 2.00 bits per heavy atom. The molecule has 0 fully saturated rings. The van der Waals surface area contributed by atoms with E-state index in [2.05, 4.69) is 15.0 Å². The first-order valence-electron chi connectivity index (χ1n) is 5.42. The molecule has 0 aliphatic rings. The Labute approximate surface area is 106 Å². The molecule has 3 rings (SSSR count). The third kappa shape index (κ3) is 1.99. The van der Waals surface area contributed by atoms with Gasteiger partial charge < -0.3 is 5.11 Å². The summed E-state index contributed by atoms with van der Waals surface area (Å²) in [7, 11) is 0. The number of hydrogen-bond donors (Lipinski definition) is 1. The molecule has 3 aromatic rings. The SMILES string of the molecule is Oc1ccnc(-c2cnc3ccc(C(F)F)cn23)n1. The van der Waals surface area contributed by atoms with E-state index in [9.17, 15) is 13.9 Å². The van der Waals surface area contributed by atoms with Crippen LogP contribution in [0.3, 0.4) is 0 Å². The largest absolute Gasteiger partial charge is 0.493 e. The topological polar surface area (TPSA) is 63.3 Å². The Hall–Kier alpha value is -2.57.